The molecule has 1 saturated carbocycles. The SMILES string of the molecule is COc1ccc(C2(C(=O)Nc3cccc(-c4ccc(S(=O)[O-])cc4)n3)CCCC2)cc1. The third kappa shape index (κ3) is 4.38. The molecule has 0 spiro atoms. The molecular formula is C24H23N2O4S-. The molecule has 4 rings (SSSR count). The standard InChI is InChI=1S/C24H24N2O4S/c1-30-19-11-9-18(10-12-19)24(15-2-3-16-24)23(27)26-22-6-4-5-21(25-22)17-7-13-20(14-8-17)31(28)29/h4-14H,2-3,15-16H2,1H3,(H,28,29)(H,25,26,27)/p-1. The second kappa shape index (κ2) is 8.99. The number of carbonyl (C=O) groups excluding carboxylic acids is 1. The average molecular weight is 436 g/mol. The zero-order chi connectivity index (χ0) is 21.8. The van der Waals surface area contributed by atoms with Crippen LogP contribution in [0.4, 0.5) is 5.82 Å². The minimum absolute atomic E-state index is 0.0584. The van der Waals surface area contributed by atoms with Gasteiger partial charge < -0.3 is 14.6 Å². The van der Waals surface area contributed by atoms with Crippen molar-refractivity contribution in [1.29, 1.82) is 0 Å². The van der Waals surface area contributed by atoms with Gasteiger partial charge in [0.25, 0.3) is 0 Å². The van der Waals surface area contributed by atoms with Crippen molar-refractivity contribution in [3.05, 3.63) is 72.3 Å². The Morgan fingerprint density at radius 3 is 2.32 bits per heavy atom. The van der Waals surface area contributed by atoms with E-state index in [1.54, 1.807) is 25.3 Å². The van der Waals surface area contributed by atoms with Crippen molar-refractivity contribution in [2.75, 3.05) is 12.4 Å². The largest absolute Gasteiger partial charge is 0.768 e. The third-order valence-electron chi connectivity index (χ3n) is 5.87. The molecule has 0 radical (unpaired) electrons. The summed E-state index contributed by atoms with van der Waals surface area (Å²) in [5.41, 5.74) is 1.84. The highest BCUT2D eigenvalue weighted by atomic mass is 32.2. The normalized spacial score (nSPS) is 15.9. The lowest BCUT2D eigenvalue weighted by Gasteiger charge is -2.28. The van der Waals surface area contributed by atoms with Crippen molar-refractivity contribution in [3.8, 4) is 17.0 Å². The van der Waals surface area contributed by atoms with Crippen molar-refractivity contribution >= 4 is 22.8 Å². The molecule has 1 aliphatic carbocycles. The molecule has 6 nitrogen and oxygen atoms in total. The van der Waals surface area contributed by atoms with Crippen LogP contribution in [0.3, 0.4) is 0 Å². The number of anilines is 1. The first-order valence-corrected chi connectivity index (χ1v) is 11.2. The summed E-state index contributed by atoms with van der Waals surface area (Å²) < 4.78 is 27.4. The van der Waals surface area contributed by atoms with Gasteiger partial charge in [-0.15, -0.1) is 0 Å². The van der Waals surface area contributed by atoms with E-state index in [9.17, 15) is 13.6 Å². The Hall–Kier alpha value is -3.03. The lowest BCUT2D eigenvalue weighted by atomic mass is 9.78. The highest BCUT2D eigenvalue weighted by molar-refractivity contribution is 7.79. The van der Waals surface area contributed by atoms with E-state index in [0.29, 0.717) is 11.5 Å². The number of carbonyl (C=O) groups is 1. The number of methoxy groups -OCH3 is 1. The van der Waals surface area contributed by atoms with Crippen molar-refractivity contribution in [2.24, 2.45) is 0 Å². The van der Waals surface area contributed by atoms with E-state index in [-0.39, 0.29) is 10.8 Å². The molecule has 160 valence electrons. The molecule has 2 aromatic carbocycles. The molecule has 1 aromatic heterocycles. The lowest BCUT2D eigenvalue weighted by molar-refractivity contribution is -0.121. The van der Waals surface area contributed by atoms with Crippen molar-refractivity contribution in [3.63, 3.8) is 0 Å². The molecule has 7 heteroatoms. The Morgan fingerprint density at radius 2 is 1.71 bits per heavy atom. The van der Waals surface area contributed by atoms with Crippen molar-refractivity contribution in [1.82, 2.24) is 4.98 Å². The first kappa shape index (κ1) is 21.2. The number of nitrogens with one attached hydrogen (secondary N) is 1. The first-order valence-electron chi connectivity index (χ1n) is 10.1. The fourth-order valence-electron chi connectivity index (χ4n) is 4.17. The number of ether oxygens (including phenoxy) is 1. The predicted octanol–water partition coefficient (Wildman–Crippen LogP) is 4.45. The molecule has 0 aliphatic heterocycles. The molecule has 1 atom stereocenters. The van der Waals surface area contributed by atoms with Crippen LogP contribution < -0.4 is 10.1 Å². The molecule has 31 heavy (non-hydrogen) atoms. The maximum atomic E-state index is 13.4. The second-order valence-electron chi connectivity index (χ2n) is 7.64. The zero-order valence-corrected chi connectivity index (χ0v) is 18.0. The molecule has 0 bridgehead atoms. The number of benzene rings is 2. The van der Waals surface area contributed by atoms with E-state index in [2.05, 4.69) is 10.3 Å². The minimum Gasteiger partial charge on any atom is -0.768 e. The summed E-state index contributed by atoms with van der Waals surface area (Å²) in [4.78, 5) is 18.2. The summed E-state index contributed by atoms with van der Waals surface area (Å²) in [6.45, 7) is 0. The fourth-order valence-corrected chi connectivity index (χ4v) is 4.53. The van der Waals surface area contributed by atoms with Crippen LogP contribution in [0.15, 0.2) is 71.6 Å². The van der Waals surface area contributed by atoms with Gasteiger partial charge >= 0.3 is 0 Å². The summed E-state index contributed by atoms with van der Waals surface area (Å²) in [7, 11) is 1.62. The zero-order valence-electron chi connectivity index (χ0n) is 17.2. The monoisotopic (exact) mass is 435 g/mol. The number of hydrogen-bond acceptors (Lipinski definition) is 5. The van der Waals surface area contributed by atoms with E-state index in [1.165, 1.54) is 12.1 Å². The van der Waals surface area contributed by atoms with Gasteiger partial charge in [0.15, 0.2) is 0 Å². The van der Waals surface area contributed by atoms with Gasteiger partial charge in [-0.25, -0.2) is 4.98 Å². The minimum atomic E-state index is -2.27. The fraction of sp³-hybridized carbons (Fsp3) is 0.250. The molecule has 1 heterocycles. The second-order valence-corrected chi connectivity index (χ2v) is 8.58. The van der Waals surface area contributed by atoms with E-state index < -0.39 is 16.5 Å². The molecule has 3 aromatic rings. The molecule has 0 saturated heterocycles. The van der Waals surface area contributed by atoms with Crippen LogP contribution in [0.1, 0.15) is 31.2 Å². The van der Waals surface area contributed by atoms with Crippen LogP contribution >= 0.6 is 0 Å². The van der Waals surface area contributed by atoms with Crippen LogP contribution in [0, 0.1) is 0 Å². The summed E-state index contributed by atoms with van der Waals surface area (Å²) in [6.07, 6.45) is 3.58. The number of amides is 1. The highest BCUT2D eigenvalue weighted by Gasteiger charge is 2.42. The lowest BCUT2D eigenvalue weighted by Crippen LogP contribution is -2.38. The van der Waals surface area contributed by atoms with E-state index in [4.69, 9.17) is 4.74 Å². The summed E-state index contributed by atoms with van der Waals surface area (Å²) in [5, 5.41) is 3.01. The molecule has 1 aliphatic rings. The van der Waals surface area contributed by atoms with Gasteiger partial charge in [0.1, 0.15) is 11.6 Å². The van der Waals surface area contributed by atoms with E-state index >= 15 is 0 Å². The Morgan fingerprint density at radius 1 is 1.03 bits per heavy atom. The van der Waals surface area contributed by atoms with Gasteiger partial charge in [0.2, 0.25) is 5.91 Å². The van der Waals surface area contributed by atoms with Crippen LogP contribution in [0.2, 0.25) is 0 Å². The number of aromatic nitrogens is 1. The number of nitrogens with zero attached hydrogens (tertiary/aromatic N) is 1. The van der Waals surface area contributed by atoms with Crippen LogP contribution in [0.5, 0.6) is 5.75 Å². The van der Waals surface area contributed by atoms with Gasteiger partial charge in [0, 0.05) is 10.5 Å². The Bertz CT molecular complexity index is 1090. The van der Waals surface area contributed by atoms with Crippen molar-refractivity contribution < 1.29 is 18.3 Å². The van der Waals surface area contributed by atoms with E-state index in [0.717, 1.165) is 42.6 Å². The molecule has 1 N–H and O–H groups in total. The quantitative estimate of drug-likeness (QED) is 0.578. The third-order valence-corrected chi connectivity index (χ3v) is 6.52. The smallest absolute Gasteiger partial charge is 0.236 e. The first-order chi connectivity index (χ1) is 15.0. The molecule has 1 unspecified atom stereocenters. The van der Waals surface area contributed by atoms with Crippen molar-refractivity contribution in [2.45, 2.75) is 36.0 Å². The number of pyridine rings is 1. The van der Waals surface area contributed by atoms with Gasteiger partial charge in [-0.3, -0.25) is 9.00 Å². The Balaban J connectivity index is 1.58. The predicted molar refractivity (Wildman–Crippen MR) is 119 cm³/mol. The van der Waals surface area contributed by atoms with Crippen LogP contribution in [-0.4, -0.2) is 26.8 Å². The maximum absolute atomic E-state index is 13.4. The van der Waals surface area contributed by atoms with Crippen LogP contribution in [0.25, 0.3) is 11.3 Å². The van der Waals surface area contributed by atoms with Gasteiger partial charge in [-0.1, -0.05) is 43.2 Å². The van der Waals surface area contributed by atoms with E-state index in [1.807, 2.05) is 36.4 Å². The van der Waals surface area contributed by atoms with Gasteiger partial charge in [0.05, 0.1) is 18.2 Å². The van der Waals surface area contributed by atoms with Gasteiger partial charge in [-0.05, 0) is 65.9 Å². The molecular weight excluding hydrogens is 412 g/mol. The Kier molecular flexibility index (Phi) is 6.15. The number of hydrogen-bond donors (Lipinski definition) is 1. The summed E-state index contributed by atoms with van der Waals surface area (Å²) >= 11 is -2.27. The molecule has 1 fully saturated rings. The summed E-state index contributed by atoms with van der Waals surface area (Å²) in [6, 6.07) is 19.6. The van der Waals surface area contributed by atoms with Gasteiger partial charge in [-0.2, -0.15) is 0 Å². The van der Waals surface area contributed by atoms with Crippen LogP contribution in [-0.2, 0) is 21.3 Å². The topological polar surface area (TPSA) is 91.3 Å². The number of rotatable bonds is 6. The Labute approximate surface area is 184 Å². The molecule has 1 amide bonds. The highest BCUT2D eigenvalue weighted by Crippen LogP contribution is 2.42. The maximum Gasteiger partial charge on any atom is 0.236 e. The average Bonchev–Trinajstić information content (AvgIpc) is 3.31. The summed E-state index contributed by atoms with van der Waals surface area (Å²) in [5.74, 6) is 1.18.